The molecule has 2 rings (SSSR count). The molecule has 100 valence electrons. The molecule has 1 fully saturated rings. The number of hydrogen-bond donors (Lipinski definition) is 1. The second kappa shape index (κ2) is 5.65. The van der Waals surface area contributed by atoms with Gasteiger partial charge < -0.3 is 10.1 Å². The van der Waals surface area contributed by atoms with Gasteiger partial charge in [-0.2, -0.15) is 0 Å². The lowest BCUT2D eigenvalue weighted by molar-refractivity contribution is -0.0836. The van der Waals surface area contributed by atoms with Gasteiger partial charge in [0.25, 0.3) is 0 Å². The first-order valence-corrected chi connectivity index (χ1v) is 6.85. The van der Waals surface area contributed by atoms with Crippen LogP contribution in [-0.2, 0) is 10.3 Å². The van der Waals surface area contributed by atoms with Gasteiger partial charge in [-0.25, -0.2) is 9.97 Å². The number of nitrogens with zero attached hydrogens (tertiary/aromatic N) is 2. The second-order valence-corrected chi connectivity index (χ2v) is 5.13. The number of hydrogen-bond acceptors (Lipinski definition) is 4. The third-order valence-corrected chi connectivity index (χ3v) is 3.82. The number of anilines is 1. The Morgan fingerprint density at radius 2 is 2.17 bits per heavy atom. The van der Waals surface area contributed by atoms with E-state index in [0.29, 0.717) is 6.61 Å². The van der Waals surface area contributed by atoms with Crippen molar-refractivity contribution in [2.75, 3.05) is 19.0 Å². The summed E-state index contributed by atoms with van der Waals surface area (Å²) in [6, 6.07) is 1.88. The highest BCUT2D eigenvalue weighted by Crippen LogP contribution is 2.41. The molecule has 0 saturated heterocycles. The van der Waals surface area contributed by atoms with Crippen LogP contribution in [0.15, 0.2) is 12.3 Å². The molecule has 0 bridgehead atoms. The molecule has 0 aromatic carbocycles. The van der Waals surface area contributed by atoms with Crippen molar-refractivity contribution in [3.63, 3.8) is 0 Å². The Kier molecular flexibility index (Phi) is 4.17. The maximum atomic E-state index is 6.05. The van der Waals surface area contributed by atoms with E-state index >= 15 is 0 Å². The molecule has 1 N–H and O–H groups in total. The first-order valence-electron chi connectivity index (χ1n) is 6.85. The van der Waals surface area contributed by atoms with Crippen LogP contribution in [0, 0.1) is 5.92 Å². The van der Waals surface area contributed by atoms with Crippen molar-refractivity contribution >= 4 is 5.82 Å². The van der Waals surface area contributed by atoms with E-state index in [-0.39, 0.29) is 5.60 Å². The van der Waals surface area contributed by atoms with E-state index in [9.17, 15) is 0 Å². The quantitative estimate of drug-likeness (QED) is 0.891. The monoisotopic (exact) mass is 249 g/mol. The number of nitrogens with one attached hydrogen (secondary N) is 1. The zero-order chi connectivity index (χ0) is 13.0. The summed E-state index contributed by atoms with van der Waals surface area (Å²) >= 11 is 0. The summed E-state index contributed by atoms with van der Waals surface area (Å²) in [6.07, 6.45) is 6.23. The van der Waals surface area contributed by atoms with Crippen molar-refractivity contribution in [3.05, 3.63) is 18.1 Å². The Balaban J connectivity index is 2.28. The largest absolute Gasteiger partial charge is 0.373 e. The first kappa shape index (κ1) is 13.3. The minimum absolute atomic E-state index is 0.270. The topological polar surface area (TPSA) is 47.0 Å². The average Bonchev–Trinajstić information content (AvgIpc) is 2.42. The van der Waals surface area contributed by atoms with E-state index in [4.69, 9.17) is 4.74 Å². The smallest absolute Gasteiger partial charge is 0.162 e. The molecule has 0 atom stereocenters. The van der Waals surface area contributed by atoms with Gasteiger partial charge in [0.2, 0.25) is 0 Å². The van der Waals surface area contributed by atoms with Crippen LogP contribution < -0.4 is 5.32 Å². The molecule has 18 heavy (non-hydrogen) atoms. The summed E-state index contributed by atoms with van der Waals surface area (Å²) in [5, 5.41) is 3.07. The van der Waals surface area contributed by atoms with E-state index < -0.39 is 0 Å². The maximum Gasteiger partial charge on any atom is 0.162 e. The number of ether oxygens (including phenoxy) is 1. The van der Waals surface area contributed by atoms with E-state index in [1.807, 2.05) is 26.2 Å². The third kappa shape index (κ3) is 2.64. The number of aromatic nitrogens is 2. The summed E-state index contributed by atoms with van der Waals surface area (Å²) in [5.41, 5.74) is -0.270. The van der Waals surface area contributed by atoms with Gasteiger partial charge in [-0.05, 0) is 44.6 Å². The molecular weight excluding hydrogens is 226 g/mol. The van der Waals surface area contributed by atoms with Crippen LogP contribution in [0.2, 0.25) is 0 Å². The van der Waals surface area contributed by atoms with Crippen molar-refractivity contribution in [2.24, 2.45) is 5.92 Å². The fourth-order valence-corrected chi connectivity index (χ4v) is 2.65. The summed E-state index contributed by atoms with van der Waals surface area (Å²) < 4.78 is 6.05. The van der Waals surface area contributed by atoms with Crippen LogP contribution in [0.4, 0.5) is 5.82 Å². The highest BCUT2D eigenvalue weighted by Gasteiger charge is 2.39. The first-order chi connectivity index (χ1) is 8.70. The lowest BCUT2D eigenvalue weighted by atomic mass is 9.79. The lowest BCUT2D eigenvalue weighted by Crippen LogP contribution is -2.36. The number of rotatable bonds is 4. The molecule has 4 heteroatoms. The molecule has 1 aromatic rings. The van der Waals surface area contributed by atoms with E-state index in [0.717, 1.165) is 30.4 Å². The molecular formula is C14H23N3O. The van der Waals surface area contributed by atoms with Gasteiger partial charge in [0.05, 0.1) is 0 Å². The molecule has 0 unspecified atom stereocenters. The molecule has 1 saturated carbocycles. The molecule has 0 amide bonds. The normalized spacial score (nSPS) is 28.1. The zero-order valence-corrected chi connectivity index (χ0v) is 11.6. The van der Waals surface area contributed by atoms with Crippen LogP contribution >= 0.6 is 0 Å². The highest BCUT2D eigenvalue weighted by molar-refractivity contribution is 5.32. The van der Waals surface area contributed by atoms with Crippen LogP contribution in [-0.4, -0.2) is 23.6 Å². The summed E-state index contributed by atoms with van der Waals surface area (Å²) in [5.74, 6) is 2.48. The van der Waals surface area contributed by atoms with Crippen LogP contribution in [0.25, 0.3) is 0 Å². The van der Waals surface area contributed by atoms with Gasteiger partial charge in [0.15, 0.2) is 5.82 Å². The Bertz CT molecular complexity index is 386. The zero-order valence-electron chi connectivity index (χ0n) is 11.6. The molecule has 1 aromatic heterocycles. The Hall–Kier alpha value is -1.16. The van der Waals surface area contributed by atoms with Crippen LogP contribution in [0.1, 0.15) is 45.4 Å². The Morgan fingerprint density at radius 3 is 2.78 bits per heavy atom. The average molecular weight is 249 g/mol. The fourth-order valence-electron chi connectivity index (χ4n) is 2.65. The van der Waals surface area contributed by atoms with Gasteiger partial charge >= 0.3 is 0 Å². The molecule has 1 aliphatic carbocycles. The predicted octanol–water partition coefficient (Wildman–Crippen LogP) is 2.96. The van der Waals surface area contributed by atoms with Gasteiger partial charge in [-0.1, -0.05) is 6.92 Å². The molecule has 0 spiro atoms. The van der Waals surface area contributed by atoms with Crippen molar-refractivity contribution < 1.29 is 4.74 Å². The maximum absolute atomic E-state index is 6.05. The Morgan fingerprint density at radius 1 is 1.44 bits per heavy atom. The van der Waals surface area contributed by atoms with Crippen molar-refractivity contribution in [1.29, 1.82) is 0 Å². The minimum Gasteiger partial charge on any atom is -0.373 e. The van der Waals surface area contributed by atoms with Gasteiger partial charge in [-0.15, -0.1) is 0 Å². The molecule has 1 heterocycles. The SMILES string of the molecule is CCOC1(c2nccc(NC)n2)CCC(C)CC1. The van der Waals surface area contributed by atoms with Crippen LogP contribution in [0.3, 0.4) is 0 Å². The van der Waals surface area contributed by atoms with Crippen LogP contribution in [0.5, 0.6) is 0 Å². The summed E-state index contributed by atoms with van der Waals surface area (Å²) in [6.45, 7) is 5.06. The second-order valence-electron chi connectivity index (χ2n) is 5.13. The van der Waals surface area contributed by atoms with E-state index in [1.54, 1.807) is 0 Å². The standard InChI is InChI=1S/C14H23N3O/c1-4-18-14(8-5-11(2)6-9-14)13-16-10-7-12(15-3)17-13/h7,10-11H,4-6,8-9H2,1-3H3,(H,15,16,17). The van der Waals surface area contributed by atoms with Gasteiger partial charge in [0, 0.05) is 19.9 Å². The molecule has 0 aliphatic heterocycles. The Labute approximate surface area is 109 Å². The van der Waals surface area contributed by atoms with E-state index in [1.165, 1.54) is 12.8 Å². The fraction of sp³-hybridized carbons (Fsp3) is 0.714. The molecule has 1 aliphatic rings. The summed E-state index contributed by atoms with van der Waals surface area (Å²) in [4.78, 5) is 9.03. The van der Waals surface area contributed by atoms with E-state index in [2.05, 4.69) is 22.2 Å². The minimum atomic E-state index is -0.270. The van der Waals surface area contributed by atoms with Gasteiger partial charge in [-0.3, -0.25) is 0 Å². The lowest BCUT2D eigenvalue weighted by Gasteiger charge is -2.37. The highest BCUT2D eigenvalue weighted by atomic mass is 16.5. The molecule has 4 nitrogen and oxygen atoms in total. The summed E-state index contributed by atoms with van der Waals surface area (Å²) in [7, 11) is 1.88. The third-order valence-electron chi connectivity index (χ3n) is 3.82. The van der Waals surface area contributed by atoms with Crippen molar-refractivity contribution in [3.8, 4) is 0 Å². The predicted molar refractivity (Wildman–Crippen MR) is 72.5 cm³/mol. The van der Waals surface area contributed by atoms with Gasteiger partial charge in [0.1, 0.15) is 11.4 Å². The van der Waals surface area contributed by atoms with Crippen molar-refractivity contribution in [1.82, 2.24) is 9.97 Å². The van der Waals surface area contributed by atoms with Crippen molar-refractivity contribution in [2.45, 2.75) is 45.1 Å². The molecule has 0 radical (unpaired) electrons.